The molecule has 2 aromatic heterocycles. The summed E-state index contributed by atoms with van der Waals surface area (Å²) in [6.45, 7) is 9.02. The van der Waals surface area contributed by atoms with Crippen LogP contribution in [0.25, 0.3) is 11.8 Å². The van der Waals surface area contributed by atoms with Gasteiger partial charge >= 0.3 is 0 Å². The van der Waals surface area contributed by atoms with Crippen LogP contribution < -0.4 is 0 Å². The third-order valence-electron chi connectivity index (χ3n) is 6.66. The number of nitrogens with zero attached hydrogens (tertiary/aromatic N) is 7. The second-order valence-corrected chi connectivity index (χ2v) is 9.02. The first-order valence-corrected chi connectivity index (χ1v) is 12.1. The minimum atomic E-state index is -0.0472. The van der Waals surface area contributed by atoms with Gasteiger partial charge in [-0.2, -0.15) is 4.68 Å². The minimum absolute atomic E-state index is 0.0472. The Morgan fingerprint density at radius 3 is 2.29 bits per heavy atom. The molecular weight excluding hydrogens is 434 g/mol. The summed E-state index contributed by atoms with van der Waals surface area (Å²) in [5.74, 6) is 0.839. The summed E-state index contributed by atoms with van der Waals surface area (Å²) in [4.78, 5) is 9.22. The second-order valence-electron chi connectivity index (χ2n) is 9.02. The molecular formula is C28H31N7. The summed E-state index contributed by atoms with van der Waals surface area (Å²) in [5.41, 5.74) is 5.75. The molecule has 1 aliphatic heterocycles. The molecule has 178 valence electrons. The van der Waals surface area contributed by atoms with Gasteiger partial charge in [-0.15, -0.1) is 5.10 Å². The van der Waals surface area contributed by atoms with E-state index >= 15 is 0 Å². The highest BCUT2D eigenvalue weighted by atomic mass is 15.6. The molecule has 3 heterocycles. The Bertz CT molecular complexity index is 1240. The van der Waals surface area contributed by atoms with E-state index in [0.29, 0.717) is 0 Å². The first-order valence-electron chi connectivity index (χ1n) is 12.1. The van der Waals surface area contributed by atoms with Gasteiger partial charge in [-0.1, -0.05) is 60.7 Å². The maximum atomic E-state index is 4.54. The summed E-state index contributed by atoms with van der Waals surface area (Å²) in [6, 6.07) is 20.8. The number of hydrogen-bond donors (Lipinski definition) is 0. The number of tetrazole rings is 1. The molecule has 0 radical (unpaired) electrons. The third kappa shape index (κ3) is 5.21. The highest BCUT2D eigenvalue weighted by Crippen LogP contribution is 2.30. The Morgan fingerprint density at radius 1 is 0.857 bits per heavy atom. The second kappa shape index (κ2) is 10.7. The number of aromatic nitrogens is 5. The van der Waals surface area contributed by atoms with Crippen LogP contribution in [0.4, 0.5) is 0 Å². The van der Waals surface area contributed by atoms with Gasteiger partial charge in [-0.05, 0) is 58.7 Å². The zero-order valence-corrected chi connectivity index (χ0v) is 20.3. The molecule has 4 aromatic rings. The van der Waals surface area contributed by atoms with Crippen LogP contribution in [-0.2, 0) is 0 Å². The van der Waals surface area contributed by atoms with Crippen LogP contribution in [0.1, 0.15) is 34.1 Å². The van der Waals surface area contributed by atoms with Crippen molar-refractivity contribution in [2.24, 2.45) is 0 Å². The molecule has 0 unspecified atom stereocenters. The fourth-order valence-corrected chi connectivity index (χ4v) is 4.84. The van der Waals surface area contributed by atoms with E-state index in [0.717, 1.165) is 60.9 Å². The zero-order valence-electron chi connectivity index (χ0n) is 20.3. The SMILES string of the molecule is Cc1cccc(C)c1-n1nnnc1[C@@H](c1ccncc1)N1CCN(C/C=C/c2ccccc2)CC1. The van der Waals surface area contributed by atoms with Crippen LogP contribution in [0.15, 0.2) is 79.1 Å². The smallest absolute Gasteiger partial charge is 0.178 e. The quantitative estimate of drug-likeness (QED) is 0.410. The van der Waals surface area contributed by atoms with Crippen molar-refractivity contribution in [1.29, 1.82) is 0 Å². The van der Waals surface area contributed by atoms with E-state index in [1.165, 1.54) is 5.56 Å². The standard InChI is InChI=1S/C28H31N7/c1-22-8-6-9-23(2)26(22)35-28(30-31-32-35)27(25-13-15-29-16-14-25)34-20-18-33(19-21-34)17-7-12-24-10-4-3-5-11-24/h3-16,27H,17-21H2,1-2H3/b12-7+/t27-/m1/s1. The third-order valence-corrected chi connectivity index (χ3v) is 6.66. The van der Waals surface area contributed by atoms with E-state index in [-0.39, 0.29) is 6.04 Å². The molecule has 5 rings (SSSR count). The van der Waals surface area contributed by atoms with E-state index in [9.17, 15) is 0 Å². The summed E-state index contributed by atoms with van der Waals surface area (Å²) in [7, 11) is 0. The van der Waals surface area contributed by atoms with Crippen molar-refractivity contribution in [3.05, 3.63) is 107 Å². The van der Waals surface area contributed by atoms with Crippen LogP contribution in [0.2, 0.25) is 0 Å². The molecule has 0 spiro atoms. The van der Waals surface area contributed by atoms with Crippen molar-refractivity contribution in [3.8, 4) is 5.69 Å². The van der Waals surface area contributed by atoms with Gasteiger partial charge in [0.25, 0.3) is 0 Å². The molecule has 1 aliphatic rings. The highest BCUT2D eigenvalue weighted by molar-refractivity contribution is 5.49. The molecule has 35 heavy (non-hydrogen) atoms. The maximum absolute atomic E-state index is 4.54. The Hall–Kier alpha value is -3.68. The van der Waals surface area contributed by atoms with Crippen molar-refractivity contribution in [2.45, 2.75) is 19.9 Å². The zero-order chi connectivity index (χ0) is 24.0. The molecule has 0 bridgehead atoms. The van der Waals surface area contributed by atoms with Gasteiger partial charge in [-0.3, -0.25) is 14.8 Å². The van der Waals surface area contributed by atoms with Gasteiger partial charge in [0.2, 0.25) is 0 Å². The van der Waals surface area contributed by atoms with Crippen molar-refractivity contribution in [2.75, 3.05) is 32.7 Å². The molecule has 0 saturated carbocycles. The van der Waals surface area contributed by atoms with E-state index in [2.05, 4.69) is 111 Å². The largest absolute Gasteiger partial charge is 0.297 e. The fourth-order valence-electron chi connectivity index (χ4n) is 4.84. The molecule has 2 aromatic carbocycles. The summed E-state index contributed by atoms with van der Waals surface area (Å²) in [6.07, 6.45) is 8.15. The minimum Gasteiger partial charge on any atom is -0.297 e. The van der Waals surface area contributed by atoms with Gasteiger partial charge in [0.15, 0.2) is 5.82 Å². The van der Waals surface area contributed by atoms with Crippen LogP contribution in [-0.4, -0.2) is 67.7 Å². The molecule has 7 heteroatoms. The number of benzene rings is 2. The van der Waals surface area contributed by atoms with Gasteiger partial charge < -0.3 is 0 Å². The van der Waals surface area contributed by atoms with Crippen LogP contribution in [0.5, 0.6) is 0 Å². The lowest BCUT2D eigenvalue weighted by Gasteiger charge is -2.38. The first-order chi connectivity index (χ1) is 17.2. The van der Waals surface area contributed by atoms with Gasteiger partial charge in [0.05, 0.1) is 11.7 Å². The monoisotopic (exact) mass is 465 g/mol. The Labute approximate surface area is 206 Å². The predicted molar refractivity (Wildman–Crippen MR) is 138 cm³/mol. The van der Waals surface area contributed by atoms with E-state index in [4.69, 9.17) is 0 Å². The first kappa shape index (κ1) is 23.1. The average Bonchev–Trinajstić information content (AvgIpc) is 3.35. The normalized spacial score (nSPS) is 16.1. The summed E-state index contributed by atoms with van der Waals surface area (Å²) >= 11 is 0. The van der Waals surface area contributed by atoms with Gasteiger partial charge in [0, 0.05) is 45.1 Å². The topological polar surface area (TPSA) is 63.0 Å². The lowest BCUT2D eigenvalue weighted by Crippen LogP contribution is -2.48. The van der Waals surface area contributed by atoms with E-state index < -0.39 is 0 Å². The number of aryl methyl sites for hydroxylation is 2. The number of hydrogen-bond acceptors (Lipinski definition) is 6. The Morgan fingerprint density at radius 2 is 1.57 bits per heavy atom. The maximum Gasteiger partial charge on any atom is 0.178 e. The molecule has 1 saturated heterocycles. The van der Waals surface area contributed by atoms with E-state index in [1.54, 1.807) is 0 Å². The lowest BCUT2D eigenvalue weighted by atomic mass is 10.0. The summed E-state index contributed by atoms with van der Waals surface area (Å²) in [5, 5.41) is 13.1. The van der Waals surface area contributed by atoms with Gasteiger partial charge in [0.1, 0.15) is 0 Å². The van der Waals surface area contributed by atoms with Crippen LogP contribution >= 0.6 is 0 Å². The molecule has 0 aliphatic carbocycles. The molecule has 0 N–H and O–H groups in total. The number of pyridine rings is 1. The molecule has 1 atom stereocenters. The van der Waals surface area contributed by atoms with Crippen molar-refractivity contribution in [1.82, 2.24) is 35.0 Å². The average molecular weight is 466 g/mol. The van der Waals surface area contributed by atoms with E-state index in [1.807, 2.05) is 23.1 Å². The number of rotatable bonds is 7. The predicted octanol–water partition coefficient (Wildman–Crippen LogP) is 4.09. The van der Waals surface area contributed by atoms with Crippen molar-refractivity contribution >= 4 is 6.08 Å². The Kier molecular flexibility index (Phi) is 7.07. The Balaban J connectivity index is 1.37. The van der Waals surface area contributed by atoms with Crippen molar-refractivity contribution < 1.29 is 0 Å². The highest BCUT2D eigenvalue weighted by Gasteiger charge is 2.31. The number of piperazine rings is 1. The van der Waals surface area contributed by atoms with Crippen molar-refractivity contribution in [3.63, 3.8) is 0 Å². The van der Waals surface area contributed by atoms with Gasteiger partial charge in [-0.25, -0.2) is 0 Å². The van der Waals surface area contributed by atoms with Crippen LogP contribution in [0.3, 0.4) is 0 Å². The summed E-state index contributed by atoms with van der Waals surface area (Å²) < 4.78 is 1.92. The fraction of sp³-hybridized carbons (Fsp3) is 0.286. The lowest BCUT2D eigenvalue weighted by molar-refractivity contribution is 0.113. The molecule has 0 amide bonds. The van der Waals surface area contributed by atoms with Crippen LogP contribution in [0, 0.1) is 13.8 Å². The number of para-hydroxylation sites is 1. The molecule has 7 nitrogen and oxygen atoms in total. The molecule has 1 fully saturated rings.